The summed E-state index contributed by atoms with van der Waals surface area (Å²) in [4.78, 5) is 1.50. The Balaban J connectivity index is 1.63. The molecule has 1 aromatic heterocycles. The Kier molecular flexibility index (Phi) is 2.42. The van der Waals surface area contributed by atoms with Crippen LogP contribution in [-0.4, -0.2) is 26.2 Å². The van der Waals surface area contributed by atoms with Crippen molar-refractivity contribution < 1.29 is 0 Å². The van der Waals surface area contributed by atoms with Crippen molar-refractivity contribution in [1.82, 2.24) is 20.2 Å². The average Bonchev–Trinajstić information content (AvgIpc) is 2.93. The quantitative estimate of drug-likeness (QED) is 0.807. The zero-order valence-corrected chi connectivity index (χ0v) is 9.71. The molecule has 3 rings (SSSR count). The summed E-state index contributed by atoms with van der Waals surface area (Å²) in [5, 5.41) is 12.1. The molecule has 5 nitrogen and oxygen atoms in total. The number of aromatic nitrogens is 4. The topological polar surface area (TPSA) is 69.6 Å². The fourth-order valence-corrected chi connectivity index (χ4v) is 3.59. The first-order chi connectivity index (χ1) is 7.72. The monoisotopic (exact) mass is 221 g/mol. The molecule has 5 heteroatoms. The molecule has 0 saturated heterocycles. The summed E-state index contributed by atoms with van der Waals surface area (Å²) >= 11 is 0. The molecule has 2 saturated carbocycles. The third-order valence-electron chi connectivity index (χ3n) is 4.31. The number of aryl methyl sites for hydroxylation is 1. The van der Waals surface area contributed by atoms with E-state index in [2.05, 4.69) is 15.4 Å². The summed E-state index contributed by atoms with van der Waals surface area (Å²) in [5.41, 5.74) is 6.29. The molecule has 4 unspecified atom stereocenters. The summed E-state index contributed by atoms with van der Waals surface area (Å²) < 4.78 is 0. The molecule has 2 N–H and O–H groups in total. The van der Waals surface area contributed by atoms with E-state index in [1.165, 1.54) is 30.5 Å². The first-order valence-electron chi connectivity index (χ1n) is 6.21. The van der Waals surface area contributed by atoms with E-state index in [1.54, 1.807) is 7.05 Å². The normalized spacial score (nSPS) is 34.5. The maximum atomic E-state index is 6.29. The zero-order valence-electron chi connectivity index (χ0n) is 9.71. The lowest BCUT2D eigenvalue weighted by molar-refractivity contribution is 0.278. The number of hydrogen-bond acceptors (Lipinski definition) is 4. The van der Waals surface area contributed by atoms with Crippen molar-refractivity contribution in [1.29, 1.82) is 0 Å². The number of hydrogen-bond donors (Lipinski definition) is 1. The third kappa shape index (κ3) is 1.73. The highest BCUT2D eigenvalue weighted by Gasteiger charge is 2.42. The largest absolute Gasteiger partial charge is 0.327 e. The summed E-state index contributed by atoms with van der Waals surface area (Å²) in [5.74, 6) is 3.31. The van der Waals surface area contributed by atoms with Crippen LogP contribution in [0.5, 0.6) is 0 Å². The number of tetrazole rings is 1. The number of nitrogens with zero attached hydrogens (tertiary/aromatic N) is 4. The number of fused-ring (bicyclic) bond motifs is 2. The Labute approximate surface area is 95.4 Å². The van der Waals surface area contributed by atoms with Crippen LogP contribution in [0.15, 0.2) is 0 Å². The van der Waals surface area contributed by atoms with E-state index in [4.69, 9.17) is 5.73 Å². The average molecular weight is 221 g/mol. The SMILES string of the molecule is Cn1nnc(CC(N)C2CC3CCC2C3)n1. The van der Waals surface area contributed by atoms with Crippen molar-refractivity contribution in [3.8, 4) is 0 Å². The van der Waals surface area contributed by atoms with Gasteiger partial charge in [-0.1, -0.05) is 6.42 Å². The molecule has 2 bridgehead atoms. The van der Waals surface area contributed by atoms with Crippen molar-refractivity contribution in [3.63, 3.8) is 0 Å². The molecule has 1 aromatic rings. The van der Waals surface area contributed by atoms with Crippen molar-refractivity contribution in [2.45, 2.75) is 38.1 Å². The molecular weight excluding hydrogens is 202 g/mol. The summed E-state index contributed by atoms with van der Waals surface area (Å²) in [7, 11) is 1.79. The Morgan fingerprint density at radius 1 is 1.44 bits per heavy atom. The lowest BCUT2D eigenvalue weighted by Crippen LogP contribution is -2.35. The van der Waals surface area contributed by atoms with Gasteiger partial charge < -0.3 is 5.73 Å². The number of nitrogens with two attached hydrogens (primary N) is 1. The Morgan fingerprint density at radius 2 is 2.31 bits per heavy atom. The highest BCUT2D eigenvalue weighted by molar-refractivity contribution is 4.97. The van der Waals surface area contributed by atoms with Crippen LogP contribution in [-0.2, 0) is 13.5 Å². The second-order valence-corrected chi connectivity index (χ2v) is 5.40. The van der Waals surface area contributed by atoms with E-state index in [9.17, 15) is 0 Å². The van der Waals surface area contributed by atoms with Crippen molar-refractivity contribution in [3.05, 3.63) is 5.82 Å². The van der Waals surface area contributed by atoms with Crippen molar-refractivity contribution in [2.24, 2.45) is 30.5 Å². The van der Waals surface area contributed by atoms with Crippen LogP contribution >= 0.6 is 0 Å². The molecule has 88 valence electrons. The third-order valence-corrected chi connectivity index (χ3v) is 4.31. The molecule has 0 radical (unpaired) electrons. The lowest BCUT2D eigenvalue weighted by atomic mass is 9.82. The van der Waals surface area contributed by atoms with Gasteiger partial charge in [0, 0.05) is 12.5 Å². The summed E-state index contributed by atoms with van der Waals surface area (Å²) in [6, 6.07) is 0.222. The van der Waals surface area contributed by atoms with Crippen LogP contribution in [0.4, 0.5) is 0 Å². The van der Waals surface area contributed by atoms with Gasteiger partial charge in [-0.15, -0.1) is 10.2 Å². The first kappa shape index (κ1) is 10.2. The second-order valence-electron chi connectivity index (χ2n) is 5.40. The van der Waals surface area contributed by atoms with E-state index >= 15 is 0 Å². The van der Waals surface area contributed by atoms with Gasteiger partial charge in [0.15, 0.2) is 5.82 Å². The molecule has 0 aromatic carbocycles. The molecule has 2 fully saturated rings. The fraction of sp³-hybridized carbons (Fsp3) is 0.909. The Morgan fingerprint density at radius 3 is 2.88 bits per heavy atom. The van der Waals surface area contributed by atoms with Crippen LogP contribution in [0, 0.1) is 17.8 Å². The van der Waals surface area contributed by atoms with Gasteiger partial charge in [-0.05, 0) is 42.2 Å². The fourth-order valence-electron chi connectivity index (χ4n) is 3.59. The minimum atomic E-state index is 0.222. The predicted octanol–water partition coefficient (Wildman–Crippen LogP) is 0.516. The molecule has 1 heterocycles. The molecule has 2 aliphatic carbocycles. The Hall–Kier alpha value is -0.970. The smallest absolute Gasteiger partial charge is 0.176 e. The van der Waals surface area contributed by atoms with E-state index in [0.717, 1.165) is 24.1 Å². The molecule has 0 aliphatic heterocycles. The second kappa shape index (κ2) is 3.80. The van der Waals surface area contributed by atoms with Crippen LogP contribution in [0.1, 0.15) is 31.5 Å². The molecule has 0 spiro atoms. The first-order valence-corrected chi connectivity index (χ1v) is 6.21. The predicted molar refractivity (Wildman–Crippen MR) is 59.4 cm³/mol. The van der Waals surface area contributed by atoms with E-state index < -0.39 is 0 Å². The Bertz CT molecular complexity index is 374. The highest BCUT2D eigenvalue weighted by Crippen LogP contribution is 2.49. The molecule has 4 atom stereocenters. The summed E-state index contributed by atoms with van der Waals surface area (Å²) in [6.45, 7) is 0. The van der Waals surface area contributed by atoms with Crippen LogP contribution in [0.2, 0.25) is 0 Å². The standard InChI is InChI=1S/C11H19N5/c1-16-14-11(13-15-16)6-10(12)9-5-7-2-3-8(9)4-7/h7-10H,2-6,12H2,1H3. The van der Waals surface area contributed by atoms with Crippen molar-refractivity contribution in [2.75, 3.05) is 0 Å². The van der Waals surface area contributed by atoms with Gasteiger partial charge in [0.1, 0.15) is 0 Å². The van der Waals surface area contributed by atoms with Gasteiger partial charge in [-0.25, -0.2) is 0 Å². The molecule has 16 heavy (non-hydrogen) atoms. The number of rotatable bonds is 3. The van der Waals surface area contributed by atoms with E-state index in [-0.39, 0.29) is 6.04 Å². The molecule has 0 amide bonds. The van der Waals surface area contributed by atoms with E-state index in [0.29, 0.717) is 5.92 Å². The summed E-state index contributed by atoms with van der Waals surface area (Å²) in [6.07, 6.45) is 6.33. The maximum Gasteiger partial charge on any atom is 0.176 e. The maximum absolute atomic E-state index is 6.29. The van der Waals surface area contributed by atoms with Gasteiger partial charge in [0.25, 0.3) is 0 Å². The van der Waals surface area contributed by atoms with Crippen LogP contribution < -0.4 is 5.73 Å². The van der Waals surface area contributed by atoms with Gasteiger partial charge in [-0.3, -0.25) is 0 Å². The van der Waals surface area contributed by atoms with Gasteiger partial charge in [-0.2, -0.15) is 4.80 Å². The van der Waals surface area contributed by atoms with Crippen molar-refractivity contribution >= 4 is 0 Å². The minimum absolute atomic E-state index is 0.222. The van der Waals surface area contributed by atoms with E-state index in [1.807, 2.05) is 0 Å². The minimum Gasteiger partial charge on any atom is -0.327 e. The van der Waals surface area contributed by atoms with Crippen LogP contribution in [0.3, 0.4) is 0 Å². The molecular formula is C11H19N5. The van der Waals surface area contributed by atoms with Gasteiger partial charge in [0.05, 0.1) is 7.05 Å². The van der Waals surface area contributed by atoms with Gasteiger partial charge in [0.2, 0.25) is 0 Å². The van der Waals surface area contributed by atoms with Gasteiger partial charge >= 0.3 is 0 Å². The lowest BCUT2D eigenvalue weighted by Gasteiger charge is -2.26. The zero-order chi connectivity index (χ0) is 11.1. The van der Waals surface area contributed by atoms with Crippen LogP contribution in [0.25, 0.3) is 0 Å². The molecule has 2 aliphatic rings. The highest BCUT2D eigenvalue weighted by atomic mass is 15.6.